The van der Waals surface area contributed by atoms with Crippen molar-refractivity contribution in [3.63, 3.8) is 0 Å². The molecular formula is C23H26N4O4. The monoisotopic (exact) mass is 422 g/mol. The normalized spacial score (nSPS) is 22.2. The molecule has 3 aromatic rings. The van der Waals surface area contributed by atoms with Gasteiger partial charge in [0.15, 0.2) is 11.9 Å². The van der Waals surface area contributed by atoms with Gasteiger partial charge in [0, 0.05) is 25.1 Å². The molecule has 1 N–H and O–H groups in total. The molecule has 31 heavy (non-hydrogen) atoms. The second-order valence-electron chi connectivity index (χ2n) is 8.08. The third kappa shape index (κ3) is 4.20. The van der Waals surface area contributed by atoms with Gasteiger partial charge >= 0.3 is 6.09 Å². The van der Waals surface area contributed by atoms with Crippen LogP contribution in [-0.4, -0.2) is 40.1 Å². The van der Waals surface area contributed by atoms with Crippen molar-refractivity contribution in [2.75, 3.05) is 13.2 Å². The fourth-order valence-corrected chi connectivity index (χ4v) is 4.08. The summed E-state index contributed by atoms with van der Waals surface area (Å²) < 4.78 is 19.3. The van der Waals surface area contributed by atoms with Crippen LogP contribution in [0.1, 0.15) is 44.4 Å². The van der Waals surface area contributed by atoms with Crippen LogP contribution in [0.2, 0.25) is 0 Å². The standard InChI is InChI=1S/C23H26N4O4/c1-15-8-9-24-23(28)30-14-16-5-4-6-17(11-16)21-19-12-18(31-15)13-25-22(19)27(26-21)20-7-2-3-10-29-20/h4-6,11-13,15,20H,2-3,7-10,14H2,1H3,(H,24,28)/t15-,20?/m1/s1. The lowest BCUT2D eigenvalue weighted by atomic mass is 10.1. The molecule has 8 nitrogen and oxygen atoms in total. The van der Waals surface area contributed by atoms with E-state index in [1.807, 2.05) is 41.9 Å². The van der Waals surface area contributed by atoms with E-state index in [2.05, 4.69) is 5.32 Å². The Morgan fingerprint density at radius 1 is 1.19 bits per heavy atom. The first-order valence-corrected chi connectivity index (χ1v) is 10.8. The van der Waals surface area contributed by atoms with Gasteiger partial charge in [0.2, 0.25) is 0 Å². The highest BCUT2D eigenvalue weighted by Gasteiger charge is 2.23. The number of nitrogens with one attached hydrogen (secondary N) is 1. The van der Waals surface area contributed by atoms with Crippen molar-refractivity contribution in [3.05, 3.63) is 42.1 Å². The van der Waals surface area contributed by atoms with E-state index >= 15 is 0 Å². The topological polar surface area (TPSA) is 87.5 Å². The zero-order valence-corrected chi connectivity index (χ0v) is 17.5. The van der Waals surface area contributed by atoms with Crippen molar-refractivity contribution < 1.29 is 19.0 Å². The Hall–Kier alpha value is -3.13. The van der Waals surface area contributed by atoms with Crippen LogP contribution in [0.15, 0.2) is 36.5 Å². The third-order valence-electron chi connectivity index (χ3n) is 5.68. The smallest absolute Gasteiger partial charge is 0.407 e. The number of nitrogens with zero attached hydrogens (tertiary/aromatic N) is 3. The second kappa shape index (κ2) is 8.55. The summed E-state index contributed by atoms with van der Waals surface area (Å²) in [7, 11) is 0. The molecule has 1 aromatic carbocycles. The Labute approximate surface area is 180 Å². The molecule has 1 amide bonds. The minimum absolute atomic E-state index is 0.0918. The molecule has 5 rings (SSSR count). The molecule has 4 heterocycles. The molecule has 4 bridgehead atoms. The number of ether oxygens (including phenoxy) is 3. The highest BCUT2D eigenvalue weighted by Crippen LogP contribution is 2.34. The minimum Gasteiger partial charge on any atom is -0.489 e. The van der Waals surface area contributed by atoms with Crippen LogP contribution in [0.5, 0.6) is 5.75 Å². The third-order valence-corrected chi connectivity index (χ3v) is 5.68. The van der Waals surface area contributed by atoms with Crippen LogP contribution < -0.4 is 10.1 Å². The lowest BCUT2D eigenvalue weighted by Crippen LogP contribution is -2.28. The molecule has 2 atom stereocenters. The van der Waals surface area contributed by atoms with Crippen molar-refractivity contribution in [3.8, 4) is 17.0 Å². The quantitative estimate of drug-likeness (QED) is 0.633. The van der Waals surface area contributed by atoms with Gasteiger partial charge in [-0.2, -0.15) is 5.10 Å². The lowest BCUT2D eigenvalue weighted by Gasteiger charge is -2.23. The predicted molar refractivity (Wildman–Crippen MR) is 115 cm³/mol. The van der Waals surface area contributed by atoms with Crippen LogP contribution in [0.3, 0.4) is 0 Å². The number of amides is 1. The zero-order chi connectivity index (χ0) is 21.2. The van der Waals surface area contributed by atoms with Crippen LogP contribution >= 0.6 is 0 Å². The van der Waals surface area contributed by atoms with E-state index in [9.17, 15) is 4.79 Å². The summed E-state index contributed by atoms with van der Waals surface area (Å²) >= 11 is 0. The first-order chi connectivity index (χ1) is 15.2. The van der Waals surface area contributed by atoms with Gasteiger partial charge in [-0.15, -0.1) is 0 Å². The van der Waals surface area contributed by atoms with Crippen molar-refractivity contribution in [2.24, 2.45) is 0 Å². The van der Waals surface area contributed by atoms with Crippen LogP contribution in [0.4, 0.5) is 4.79 Å². The van der Waals surface area contributed by atoms with Gasteiger partial charge in [-0.25, -0.2) is 14.5 Å². The average Bonchev–Trinajstić information content (AvgIpc) is 3.17. The molecular weight excluding hydrogens is 396 g/mol. The number of alkyl carbamates (subject to hydrolysis) is 1. The van der Waals surface area contributed by atoms with Gasteiger partial charge in [-0.05, 0) is 43.9 Å². The van der Waals surface area contributed by atoms with E-state index in [0.717, 1.165) is 53.7 Å². The maximum atomic E-state index is 12.0. The molecule has 1 saturated heterocycles. The Kier molecular flexibility index (Phi) is 5.46. The van der Waals surface area contributed by atoms with E-state index < -0.39 is 6.09 Å². The highest BCUT2D eigenvalue weighted by atomic mass is 16.5. The highest BCUT2D eigenvalue weighted by molar-refractivity contribution is 5.92. The summed E-state index contributed by atoms with van der Waals surface area (Å²) in [4.78, 5) is 16.7. The maximum absolute atomic E-state index is 12.0. The van der Waals surface area contributed by atoms with Crippen LogP contribution in [-0.2, 0) is 16.1 Å². The van der Waals surface area contributed by atoms with Crippen molar-refractivity contribution in [2.45, 2.75) is 51.5 Å². The number of hydrogen-bond donors (Lipinski definition) is 1. The van der Waals surface area contributed by atoms with Crippen molar-refractivity contribution in [1.29, 1.82) is 0 Å². The number of carbonyl (C=O) groups is 1. The number of cyclic esters (lactones) is 1. The summed E-state index contributed by atoms with van der Waals surface area (Å²) in [5.74, 6) is 0.680. The van der Waals surface area contributed by atoms with E-state index in [1.54, 1.807) is 6.20 Å². The summed E-state index contributed by atoms with van der Waals surface area (Å²) in [6, 6.07) is 9.89. The van der Waals surface area contributed by atoms with Crippen LogP contribution in [0, 0.1) is 0 Å². The van der Waals surface area contributed by atoms with Gasteiger partial charge < -0.3 is 19.5 Å². The number of hydrogen-bond acceptors (Lipinski definition) is 6. The number of pyridine rings is 1. The molecule has 2 aromatic heterocycles. The largest absolute Gasteiger partial charge is 0.489 e. The second-order valence-corrected chi connectivity index (χ2v) is 8.08. The van der Waals surface area contributed by atoms with E-state index in [0.29, 0.717) is 18.7 Å². The molecule has 0 radical (unpaired) electrons. The van der Waals surface area contributed by atoms with Gasteiger partial charge in [0.1, 0.15) is 18.1 Å². The Bertz CT molecular complexity index is 1090. The van der Waals surface area contributed by atoms with Crippen molar-refractivity contribution >= 4 is 17.1 Å². The number of benzene rings is 1. The predicted octanol–water partition coefficient (Wildman–Crippen LogP) is 4.19. The molecule has 8 heteroatoms. The minimum atomic E-state index is -0.434. The molecule has 162 valence electrons. The Morgan fingerprint density at radius 3 is 3.00 bits per heavy atom. The fraction of sp³-hybridized carbons (Fsp3) is 0.435. The first-order valence-electron chi connectivity index (χ1n) is 10.8. The summed E-state index contributed by atoms with van der Waals surface area (Å²) in [6.07, 6.45) is 4.83. The van der Waals surface area contributed by atoms with Gasteiger partial charge in [0.25, 0.3) is 0 Å². The number of fused-ring (bicyclic) bond motifs is 4. The Morgan fingerprint density at radius 2 is 2.13 bits per heavy atom. The fourth-order valence-electron chi connectivity index (χ4n) is 4.08. The van der Waals surface area contributed by atoms with Crippen molar-refractivity contribution in [1.82, 2.24) is 20.1 Å². The number of carbonyl (C=O) groups excluding carboxylic acids is 1. The lowest BCUT2D eigenvalue weighted by molar-refractivity contribution is -0.0368. The number of aromatic nitrogens is 3. The Balaban J connectivity index is 1.63. The van der Waals surface area contributed by atoms with E-state index in [4.69, 9.17) is 24.3 Å². The summed E-state index contributed by atoms with van der Waals surface area (Å²) in [5, 5.41) is 8.61. The van der Waals surface area contributed by atoms with Crippen LogP contribution in [0.25, 0.3) is 22.3 Å². The average molecular weight is 422 g/mol. The first kappa shape index (κ1) is 19.8. The van der Waals surface area contributed by atoms with Gasteiger partial charge in [0.05, 0.1) is 17.7 Å². The molecule has 1 fully saturated rings. The summed E-state index contributed by atoms with van der Waals surface area (Å²) in [6.45, 7) is 3.37. The zero-order valence-electron chi connectivity index (χ0n) is 17.5. The van der Waals surface area contributed by atoms with E-state index in [-0.39, 0.29) is 18.9 Å². The summed E-state index contributed by atoms with van der Waals surface area (Å²) in [5.41, 5.74) is 3.43. The molecule has 0 spiro atoms. The van der Waals surface area contributed by atoms with Gasteiger partial charge in [-0.1, -0.05) is 18.2 Å². The molecule has 2 aliphatic rings. The van der Waals surface area contributed by atoms with Gasteiger partial charge in [-0.3, -0.25) is 0 Å². The molecule has 0 saturated carbocycles. The number of rotatable bonds is 1. The SMILES string of the molecule is C[C@@H]1CCNC(=O)OCc2cccc(c2)-c2nn(C3CCCCO3)c3ncc(cc23)O1. The molecule has 2 aliphatic heterocycles. The maximum Gasteiger partial charge on any atom is 0.407 e. The molecule has 0 aliphatic carbocycles. The molecule has 1 unspecified atom stereocenters. The van der Waals surface area contributed by atoms with E-state index in [1.165, 1.54) is 0 Å².